The minimum Gasteiger partial charge on any atom is -0.487 e. The summed E-state index contributed by atoms with van der Waals surface area (Å²) in [6.07, 6.45) is 3.65. The Hall–Kier alpha value is -3.03. The predicted octanol–water partition coefficient (Wildman–Crippen LogP) is 2.36. The molecule has 1 aromatic carbocycles. The monoisotopic (exact) mass is 415 g/mol. The Morgan fingerprint density at radius 3 is 2.73 bits per heavy atom. The van der Waals surface area contributed by atoms with E-state index < -0.39 is 11.9 Å². The number of carboxylic acid groups (broad SMARTS) is 1. The van der Waals surface area contributed by atoms with Crippen molar-refractivity contribution in [1.82, 2.24) is 5.32 Å². The van der Waals surface area contributed by atoms with Gasteiger partial charge in [0.25, 0.3) is 5.91 Å². The molecule has 0 radical (unpaired) electrons. The smallest absolute Gasteiger partial charge is 0.339 e. The number of nitrogens with one attached hydrogen (secondary N) is 1. The summed E-state index contributed by atoms with van der Waals surface area (Å²) in [5, 5.41) is 11.9. The van der Waals surface area contributed by atoms with Crippen LogP contribution in [0.2, 0.25) is 0 Å². The molecule has 0 unspecified atom stereocenters. The Kier molecular flexibility index (Phi) is 5.17. The number of aliphatic carboxylic acids is 1. The molecule has 160 valence electrons. The molecule has 1 aromatic heterocycles. The van der Waals surface area contributed by atoms with Gasteiger partial charge in [0.15, 0.2) is 6.61 Å². The molecule has 0 fully saturated rings. The van der Waals surface area contributed by atoms with Crippen molar-refractivity contribution in [2.24, 2.45) is 0 Å². The van der Waals surface area contributed by atoms with Crippen LogP contribution in [0.3, 0.4) is 0 Å². The first kappa shape index (κ1) is 20.3. The summed E-state index contributed by atoms with van der Waals surface area (Å²) in [6, 6.07) is 1.78. The predicted molar refractivity (Wildman–Crippen MR) is 108 cm³/mol. The lowest BCUT2D eigenvalue weighted by Crippen LogP contribution is -2.33. The van der Waals surface area contributed by atoms with Gasteiger partial charge < -0.3 is 24.3 Å². The topological polar surface area (TPSA) is 115 Å². The number of ether oxygens (including phenoxy) is 2. The third kappa shape index (κ3) is 3.86. The molecule has 2 aliphatic rings. The highest BCUT2D eigenvalue weighted by atomic mass is 16.5. The molecule has 0 saturated carbocycles. The maximum Gasteiger partial charge on any atom is 0.339 e. The van der Waals surface area contributed by atoms with E-state index in [1.807, 2.05) is 13.8 Å². The quantitative estimate of drug-likeness (QED) is 0.696. The summed E-state index contributed by atoms with van der Waals surface area (Å²) in [4.78, 5) is 35.2. The minimum atomic E-state index is -0.984. The summed E-state index contributed by atoms with van der Waals surface area (Å²) in [7, 11) is 0. The first-order valence-electron chi connectivity index (χ1n) is 10.2. The fraction of sp³-hybridized carbons (Fsp3) is 0.500. The van der Waals surface area contributed by atoms with Crippen LogP contribution >= 0.6 is 0 Å². The van der Waals surface area contributed by atoms with Crippen LogP contribution in [0.1, 0.15) is 49.8 Å². The highest BCUT2D eigenvalue weighted by molar-refractivity contribution is 5.93. The molecule has 2 heterocycles. The van der Waals surface area contributed by atoms with Gasteiger partial charge >= 0.3 is 11.6 Å². The second kappa shape index (κ2) is 7.66. The van der Waals surface area contributed by atoms with Crippen LogP contribution < -0.4 is 20.4 Å². The van der Waals surface area contributed by atoms with Gasteiger partial charge in [-0.05, 0) is 51.5 Å². The Labute approximate surface area is 173 Å². The molecule has 1 amide bonds. The van der Waals surface area contributed by atoms with Crippen molar-refractivity contribution in [3.63, 3.8) is 0 Å². The van der Waals surface area contributed by atoms with Crippen molar-refractivity contribution >= 4 is 22.8 Å². The van der Waals surface area contributed by atoms with Gasteiger partial charge in [-0.1, -0.05) is 0 Å². The molecule has 0 spiro atoms. The highest BCUT2D eigenvalue weighted by Crippen LogP contribution is 2.44. The molecule has 1 aliphatic carbocycles. The summed E-state index contributed by atoms with van der Waals surface area (Å²) >= 11 is 0. The summed E-state index contributed by atoms with van der Waals surface area (Å²) < 4.78 is 17.7. The zero-order valence-corrected chi connectivity index (χ0v) is 17.1. The van der Waals surface area contributed by atoms with Gasteiger partial charge in [0.1, 0.15) is 22.7 Å². The standard InChI is InChI=1S/C22H25NO7/c1-22(2)8-6-14-15(30-22)10-16(28-11-17(24)23-9-7-18(25)26)19-12-4-3-5-13(12)21(27)29-20(14)19/h10H,3-9,11H2,1-2H3,(H,23,24)(H,25,26). The largest absolute Gasteiger partial charge is 0.487 e. The summed E-state index contributed by atoms with van der Waals surface area (Å²) in [6.45, 7) is 3.75. The van der Waals surface area contributed by atoms with Gasteiger partial charge in [-0.15, -0.1) is 0 Å². The summed E-state index contributed by atoms with van der Waals surface area (Å²) in [5.41, 5.74) is 2.27. The number of aryl methyl sites for hydroxylation is 2. The molecule has 1 aliphatic heterocycles. The lowest BCUT2D eigenvalue weighted by Gasteiger charge is -2.33. The molecule has 0 bridgehead atoms. The van der Waals surface area contributed by atoms with E-state index >= 15 is 0 Å². The van der Waals surface area contributed by atoms with Crippen molar-refractivity contribution in [2.45, 2.75) is 58.0 Å². The first-order chi connectivity index (χ1) is 14.2. The zero-order chi connectivity index (χ0) is 21.5. The molecule has 30 heavy (non-hydrogen) atoms. The van der Waals surface area contributed by atoms with Gasteiger partial charge in [-0.3, -0.25) is 9.59 Å². The molecule has 0 atom stereocenters. The third-order valence-electron chi connectivity index (χ3n) is 5.65. The number of benzene rings is 1. The van der Waals surface area contributed by atoms with Crippen LogP contribution in [0.4, 0.5) is 0 Å². The van der Waals surface area contributed by atoms with Gasteiger partial charge in [0.2, 0.25) is 0 Å². The SMILES string of the molecule is CC1(C)CCc2c(cc(OCC(=O)NCCC(=O)O)c3c4c(c(=O)oc23)CCC4)O1. The molecular weight excluding hydrogens is 390 g/mol. The zero-order valence-electron chi connectivity index (χ0n) is 17.1. The Morgan fingerprint density at radius 2 is 1.97 bits per heavy atom. The normalized spacial score (nSPS) is 16.5. The Morgan fingerprint density at radius 1 is 1.20 bits per heavy atom. The van der Waals surface area contributed by atoms with Crippen LogP contribution in [0.5, 0.6) is 11.5 Å². The molecule has 2 N–H and O–H groups in total. The fourth-order valence-corrected chi connectivity index (χ4v) is 4.17. The van der Waals surface area contributed by atoms with Crippen molar-refractivity contribution < 1.29 is 28.6 Å². The van der Waals surface area contributed by atoms with Crippen molar-refractivity contribution in [1.29, 1.82) is 0 Å². The molecule has 0 saturated heterocycles. The highest BCUT2D eigenvalue weighted by Gasteiger charge is 2.32. The number of hydrogen-bond acceptors (Lipinski definition) is 6. The molecular formula is C22H25NO7. The van der Waals surface area contributed by atoms with Crippen LogP contribution in [-0.4, -0.2) is 35.7 Å². The van der Waals surface area contributed by atoms with E-state index in [1.54, 1.807) is 6.07 Å². The van der Waals surface area contributed by atoms with Gasteiger partial charge in [0, 0.05) is 23.7 Å². The number of amides is 1. The lowest BCUT2D eigenvalue weighted by molar-refractivity contribution is -0.137. The maximum absolute atomic E-state index is 12.5. The molecule has 8 heteroatoms. The van der Waals surface area contributed by atoms with Crippen molar-refractivity contribution in [2.75, 3.05) is 13.2 Å². The van der Waals surface area contributed by atoms with Gasteiger partial charge in [0.05, 0.1) is 11.8 Å². The number of rotatable bonds is 6. The number of carbonyl (C=O) groups excluding carboxylic acids is 1. The maximum atomic E-state index is 12.5. The van der Waals surface area contributed by atoms with E-state index in [0.29, 0.717) is 29.1 Å². The van der Waals surface area contributed by atoms with Gasteiger partial charge in [-0.25, -0.2) is 4.79 Å². The van der Waals surface area contributed by atoms with Crippen LogP contribution in [0.25, 0.3) is 11.0 Å². The molecule has 4 rings (SSSR count). The number of hydrogen-bond donors (Lipinski definition) is 2. The van der Waals surface area contributed by atoms with Gasteiger partial charge in [-0.2, -0.15) is 0 Å². The second-order valence-corrected chi connectivity index (χ2v) is 8.40. The van der Waals surface area contributed by atoms with E-state index in [4.69, 9.17) is 19.0 Å². The van der Waals surface area contributed by atoms with Crippen LogP contribution in [0.15, 0.2) is 15.3 Å². The number of carboxylic acids is 1. The minimum absolute atomic E-state index is 0.0318. The lowest BCUT2D eigenvalue weighted by atomic mass is 9.91. The molecule has 2 aromatic rings. The number of carbonyl (C=O) groups is 2. The third-order valence-corrected chi connectivity index (χ3v) is 5.65. The average Bonchev–Trinajstić information content (AvgIpc) is 3.15. The van der Waals surface area contributed by atoms with Crippen molar-refractivity contribution in [3.8, 4) is 11.5 Å². The Balaban J connectivity index is 1.71. The van der Waals surface area contributed by atoms with Crippen LogP contribution in [-0.2, 0) is 28.9 Å². The average molecular weight is 415 g/mol. The Bertz CT molecular complexity index is 1080. The van der Waals surface area contributed by atoms with E-state index in [0.717, 1.165) is 42.2 Å². The van der Waals surface area contributed by atoms with Crippen LogP contribution in [0, 0.1) is 0 Å². The molecule has 8 nitrogen and oxygen atoms in total. The van der Waals surface area contributed by atoms with E-state index in [-0.39, 0.29) is 30.8 Å². The van der Waals surface area contributed by atoms with E-state index in [1.165, 1.54) is 0 Å². The second-order valence-electron chi connectivity index (χ2n) is 8.40. The van der Waals surface area contributed by atoms with Crippen molar-refractivity contribution in [3.05, 3.63) is 33.2 Å². The number of fused-ring (bicyclic) bond motifs is 5. The fourth-order valence-electron chi connectivity index (χ4n) is 4.17. The summed E-state index contributed by atoms with van der Waals surface area (Å²) in [5.74, 6) is -0.363. The first-order valence-corrected chi connectivity index (χ1v) is 10.2. The van der Waals surface area contributed by atoms with E-state index in [2.05, 4.69) is 5.32 Å². The van der Waals surface area contributed by atoms with E-state index in [9.17, 15) is 14.4 Å².